The van der Waals surface area contributed by atoms with Gasteiger partial charge in [-0.15, -0.1) is 0 Å². The third-order valence-corrected chi connectivity index (χ3v) is 3.99. The van der Waals surface area contributed by atoms with E-state index in [1.807, 2.05) is 30.3 Å². The topological polar surface area (TPSA) is 48.7 Å². The van der Waals surface area contributed by atoms with Crippen LogP contribution < -0.4 is 5.43 Å². The molecule has 0 amide bonds. The second kappa shape index (κ2) is 4.41. The zero-order chi connectivity index (χ0) is 14.4. The van der Waals surface area contributed by atoms with Crippen LogP contribution in [0, 0.1) is 0 Å². The number of fused-ring (bicyclic) bond motifs is 3. The Balaban J connectivity index is 2.04. The molecule has 2 aromatic carbocycles. The third-order valence-electron chi connectivity index (χ3n) is 3.99. The summed E-state index contributed by atoms with van der Waals surface area (Å²) in [5, 5.41) is 2.52. The minimum atomic E-state index is -1.01. The molecule has 3 aromatic rings. The molecular formula is C17H14O4. The molecule has 1 fully saturated rings. The van der Waals surface area contributed by atoms with E-state index in [1.54, 1.807) is 13.0 Å². The molecular weight excluding hydrogens is 268 g/mol. The highest BCUT2D eigenvalue weighted by Gasteiger charge is 2.36. The predicted molar refractivity (Wildman–Crippen MR) is 79.2 cm³/mol. The van der Waals surface area contributed by atoms with Crippen molar-refractivity contribution in [3.63, 3.8) is 0 Å². The second-order valence-electron chi connectivity index (χ2n) is 5.28. The maximum absolute atomic E-state index is 12.7. The molecule has 0 saturated carbocycles. The molecule has 0 atom stereocenters. The molecule has 0 spiro atoms. The van der Waals surface area contributed by atoms with Crippen molar-refractivity contribution in [1.82, 2.24) is 0 Å². The van der Waals surface area contributed by atoms with E-state index < -0.39 is 5.79 Å². The normalized spacial score (nSPS) is 17.6. The maximum atomic E-state index is 12.7. The van der Waals surface area contributed by atoms with Crippen LogP contribution in [0.4, 0.5) is 0 Å². The Bertz CT molecular complexity index is 888. The molecule has 1 saturated heterocycles. The zero-order valence-corrected chi connectivity index (χ0v) is 11.6. The number of hydrogen-bond acceptors (Lipinski definition) is 4. The zero-order valence-electron chi connectivity index (χ0n) is 11.6. The van der Waals surface area contributed by atoms with Crippen molar-refractivity contribution in [2.24, 2.45) is 0 Å². The summed E-state index contributed by atoms with van der Waals surface area (Å²) in [7, 11) is 0. The summed E-state index contributed by atoms with van der Waals surface area (Å²) in [6.07, 6.45) is 1.46. The van der Waals surface area contributed by atoms with Crippen LogP contribution in [0.1, 0.15) is 12.5 Å². The first-order valence-corrected chi connectivity index (χ1v) is 6.91. The molecule has 4 heteroatoms. The van der Waals surface area contributed by atoms with E-state index in [0.717, 1.165) is 10.8 Å². The van der Waals surface area contributed by atoms with Crippen LogP contribution >= 0.6 is 0 Å². The Hall–Kier alpha value is -2.17. The van der Waals surface area contributed by atoms with Gasteiger partial charge in [-0.1, -0.05) is 30.3 Å². The molecule has 0 bridgehead atoms. The summed E-state index contributed by atoms with van der Waals surface area (Å²) in [6.45, 7) is 2.70. The minimum absolute atomic E-state index is 0.105. The van der Waals surface area contributed by atoms with Crippen LogP contribution in [-0.4, -0.2) is 13.2 Å². The van der Waals surface area contributed by atoms with Gasteiger partial charge in [-0.05, 0) is 18.4 Å². The summed E-state index contributed by atoms with van der Waals surface area (Å²) in [5.74, 6) is -1.01. The van der Waals surface area contributed by atoms with Gasteiger partial charge in [0, 0.05) is 5.39 Å². The smallest absolute Gasteiger partial charge is 0.201 e. The molecule has 0 N–H and O–H groups in total. The first-order chi connectivity index (χ1) is 10.2. The largest absolute Gasteiger partial charge is 0.463 e. The SMILES string of the molecule is CC1(c2coc3c(ccc4ccccc43)c2=O)OCCO1. The quantitative estimate of drug-likeness (QED) is 0.643. The Morgan fingerprint density at radius 2 is 1.76 bits per heavy atom. The summed E-state index contributed by atoms with van der Waals surface area (Å²) in [4.78, 5) is 12.7. The molecule has 1 aliphatic rings. The van der Waals surface area contributed by atoms with Crippen molar-refractivity contribution in [2.75, 3.05) is 13.2 Å². The van der Waals surface area contributed by atoms with Crippen LogP contribution in [0.2, 0.25) is 0 Å². The van der Waals surface area contributed by atoms with Crippen molar-refractivity contribution < 1.29 is 13.9 Å². The lowest BCUT2D eigenvalue weighted by molar-refractivity contribution is -0.151. The summed E-state index contributed by atoms with van der Waals surface area (Å²) >= 11 is 0. The van der Waals surface area contributed by atoms with Gasteiger partial charge in [-0.3, -0.25) is 4.79 Å². The van der Waals surface area contributed by atoms with Gasteiger partial charge in [0.1, 0.15) is 11.8 Å². The molecule has 4 nitrogen and oxygen atoms in total. The highest BCUT2D eigenvalue weighted by molar-refractivity contribution is 6.03. The molecule has 0 radical (unpaired) electrons. The molecule has 1 aliphatic heterocycles. The van der Waals surface area contributed by atoms with Crippen molar-refractivity contribution in [3.8, 4) is 0 Å². The second-order valence-corrected chi connectivity index (χ2v) is 5.28. The van der Waals surface area contributed by atoms with Gasteiger partial charge in [0.05, 0.1) is 24.2 Å². The average Bonchev–Trinajstić information content (AvgIpc) is 2.95. The summed E-state index contributed by atoms with van der Waals surface area (Å²) < 4.78 is 16.9. The van der Waals surface area contributed by atoms with Gasteiger partial charge < -0.3 is 13.9 Å². The Morgan fingerprint density at radius 3 is 2.57 bits per heavy atom. The molecule has 2 heterocycles. The minimum Gasteiger partial charge on any atom is -0.463 e. The fraction of sp³-hybridized carbons (Fsp3) is 0.235. The summed E-state index contributed by atoms with van der Waals surface area (Å²) in [5.41, 5.74) is 0.901. The van der Waals surface area contributed by atoms with Crippen molar-refractivity contribution >= 4 is 21.7 Å². The number of benzene rings is 2. The van der Waals surface area contributed by atoms with Crippen molar-refractivity contribution in [3.05, 3.63) is 58.4 Å². The van der Waals surface area contributed by atoms with Crippen LogP contribution in [0.3, 0.4) is 0 Å². The molecule has 1 aromatic heterocycles. The van der Waals surface area contributed by atoms with Gasteiger partial charge in [-0.2, -0.15) is 0 Å². The van der Waals surface area contributed by atoms with E-state index in [9.17, 15) is 4.79 Å². The molecule has 106 valence electrons. The molecule has 0 unspecified atom stereocenters. The Morgan fingerprint density at radius 1 is 1.00 bits per heavy atom. The first-order valence-electron chi connectivity index (χ1n) is 6.91. The third kappa shape index (κ3) is 1.80. The number of ether oxygens (including phenoxy) is 2. The summed E-state index contributed by atoms with van der Waals surface area (Å²) in [6, 6.07) is 11.6. The maximum Gasteiger partial charge on any atom is 0.201 e. The van der Waals surface area contributed by atoms with Crippen LogP contribution in [0.5, 0.6) is 0 Å². The fourth-order valence-corrected chi connectivity index (χ4v) is 2.85. The molecule has 0 aliphatic carbocycles. The lowest BCUT2D eigenvalue weighted by Gasteiger charge is -2.21. The Kier molecular flexibility index (Phi) is 2.64. The van der Waals surface area contributed by atoms with E-state index in [1.165, 1.54) is 6.26 Å². The van der Waals surface area contributed by atoms with E-state index >= 15 is 0 Å². The van der Waals surface area contributed by atoms with Crippen molar-refractivity contribution in [2.45, 2.75) is 12.7 Å². The van der Waals surface area contributed by atoms with E-state index in [2.05, 4.69) is 0 Å². The number of rotatable bonds is 1. The fourth-order valence-electron chi connectivity index (χ4n) is 2.85. The standard InChI is InChI=1S/C17H14O4/c1-17(20-8-9-21-17)14-10-19-16-12-5-3-2-4-11(12)6-7-13(16)15(14)18/h2-7,10H,8-9H2,1H3. The lowest BCUT2D eigenvalue weighted by Crippen LogP contribution is -2.29. The van der Waals surface area contributed by atoms with E-state index in [-0.39, 0.29) is 5.43 Å². The van der Waals surface area contributed by atoms with Gasteiger partial charge in [0.2, 0.25) is 5.43 Å². The van der Waals surface area contributed by atoms with Gasteiger partial charge in [0.25, 0.3) is 0 Å². The first kappa shape index (κ1) is 12.6. The van der Waals surface area contributed by atoms with Crippen LogP contribution in [-0.2, 0) is 15.3 Å². The van der Waals surface area contributed by atoms with Gasteiger partial charge in [0.15, 0.2) is 5.79 Å². The number of hydrogen-bond donors (Lipinski definition) is 0. The van der Waals surface area contributed by atoms with E-state index in [0.29, 0.717) is 29.7 Å². The molecule has 21 heavy (non-hydrogen) atoms. The highest BCUT2D eigenvalue weighted by atomic mass is 16.7. The van der Waals surface area contributed by atoms with Crippen LogP contribution in [0.25, 0.3) is 21.7 Å². The lowest BCUT2D eigenvalue weighted by atomic mass is 10.0. The van der Waals surface area contributed by atoms with Crippen molar-refractivity contribution in [1.29, 1.82) is 0 Å². The van der Waals surface area contributed by atoms with Gasteiger partial charge >= 0.3 is 0 Å². The van der Waals surface area contributed by atoms with Crippen LogP contribution in [0.15, 0.2) is 51.9 Å². The monoisotopic (exact) mass is 282 g/mol. The highest BCUT2D eigenvalue weighted by Crippen LogP contribution is 2.31. The van der Waals surface area contributed by atoms with E-state index in [4.69, 9.17) is 13.9 Å². The average molecular weight is 282 g/mol. The van der Waals surface area contributed by atoms with Gasteiger partial charge in [-0.25, -0.2) is 0 Å². The predicted octanol–water partition coefficient (Wildman–Crippen LogP) is 3.17. The Labute approximate surface area is 120 Å². The molecule has 4 rings (SSSR count).